The van der Waals surface area contributed by atoms with Gasteiger partial charge < -0.3 is 10.1 Å². The quantitative estimate of drug-likeness (QED) is 0.674. The first-order chi connectivity index (χ1) is 6.83. The van der Waals surface area contributed by atoms with Crippen molar-refractivity contribution < 1.29 is 9.53 Å². The van der Waals surface area contributed by atoms with Gasteiger partial charge in [0, 0.05) is 13.1 Å². The monoisotopic (exact) mass is 191 g/mol. The minimum atomic E-state index is -0.162. The van der Waals surface area contributed by atoms with Crippen molar-refractivity contribution in [1.29, 1.82) is 0 Å². The van der Waals surface area contributed by atoms with E-state index in [4.69, 9.17) is 4.74 Å². The summed E-state index contributed by atoms with van der Waals surface area (Å²) in [6.07, 6.45) is 0. The van der Waals surface area contributed by atoms with E-state index in [-0.39, 0.29) is 11.9 Å². The Kier molecular flexibility index (Phi) is 2.50. The molecular weight excluding hydrogens is 178 g/mol. The molecule has 0 bridgehead atoms. The summed E-state index contributed by atoms with van der Waals surface area (Å²) in [5.41, 5.74) is 2.28. The van der Waals surface area contributed by atoms with Crippen LogP contribution in [-0.2, 0) is 16.1 Å². The van der Waals surface area contributed by atoms with Crippen LogP contribution in [0.1, 0.15) is 17.0 Å². The van der Waals surface area contributed by atoms with E-state index in [1.165, 1.54) is 12.7 Å². The molecule has 74 valence electrons. The van der Waals surface area contributed by atoms with E-state index in [1.807, 2.05) is 24.3 Å². The fraction of sp³-hybridized carbons (Fsp3) is 0.364. The molecular formula is C11H13NO2. The summed E-state index contributed by atoms with van der Waals surface area (Å²) < 4.78 is 4.77. The van der Waals surface area contributed by atoms with Gasteiger partial charge in [-0.1, -0.05) is 24.3 Å². The average molecular weight is 191 g/mol. The maximum absolute atomic E-state index is 11.5. The molecule has 1 N–H and O–H groups in total. The Labute approximate surface area is 83.1 Å². The SMILES string of the molecule is COC(=O)C1CNCc2ccccc21. The lowest BCUT2D eigenvalue weighted by molar-refractivity contribution is -0.142. The minimum Gasteiger partial charge on any atom is -0.469 e. The summed E-state index contributed by atoms with van der Waals surface area (Å²) in [5.74, 6) is -0.311. The number of carbonyl (C=O) groups excluding carboxylic acids is 1. The number of esters is 1. The third kappa shape index (κ3) is 1.51. The number of carbonyl (C=O) groups is 1. The van der Waals surface area contributed by atoms with E-state index in [2.05, 4.69) is 5.32 Å². The van der Waals surface area contributed by atoms with Crippen LogP contribution in [0.4, 0.5) is 0 Å². The number of hydrogen-bond donors (Lipinski definition) is 1. The second-order valence-corrected chi connectivity index (χ2v) is 3.41. The van der Waals surface area contributed by atoms with Crippen LogP contribution in [0.2, 0.25) is 0 Å². The normalized spacial score (nSPS) is 19.9. The van der Waals surface area contributed by atoms with Crippen LogP contribution in [0.5, 0.6) is 0 Å². The number of hydrogen-bond acceptors (Lipinski definition) is 3. The maximum atomic E-state index is 11.5. The van der Waals surface area contributed by atoms with Gasteiger partial charge in [-0.25, -0.2) is 0 Å². The number of fused-ring (bicyclic) bond motifs is 1. The van der Waals surface area contributed by atoms with Gasteiger partial charge >= 0.3 is 5.97 Å². The highest BCUT2D eigenvalue weighted by molar-refractivity contribution is 5.79. The molecule has 0 fully saturated rings. The molecule has 0 radical (unpaired) electrons. The molecule has 0 spiro atoms. The number of ether oxygens (including phenoxy) is 1. The molecule has 14 heavy (non-hydrogen) atoms. The highest BCUT2D eigenvalue weighted by atomic mass is 16.5. The summed E-state index contributed by atoms with van der Waals surface area (Å²) in [6.45, 7) is 1.51. The number of benzene rings is 1. The van der Waals surface area contributed by atoms with Crippen molar-refractivity contribution in [3.63, 3.8) is 0 Å². The van der Waals surface area contributed by atoms with Crippen LogP contribution < -0.4 is 5.32 Å². The van der Waals surface area contributed by atoms with Crippen molar-refractivity contribution in [1.82, 2.24) is 5.32 Å². The van der Waals surface area contributed by atoms with Gasteiger partial charge in [-0.2, -0.15) is 0 Å². The van der Waals surface area contributed by atoms with Gasteiger partial charge in [0.1, 0.15) is 0 Å². The Hall–Kier alpha value is -1.35. The van der Waals surface area contributed by atoms with Gasteiger partial charge in [-0.05, 0) is 11.1 Å². The fourth-order valence-electron chi connectivity index (χ4n) is 1.85. The van der Waals surface area contributed by atoms with Crippen LogP contribution in [-0.4, -0.2) is 19.6 Å². The second kappa shape index (κ2) is 3.80. The summed E-state index contributed by atoms with van der Waals surface area (Å²) in [7, 11) is 1.43. The molecule has 0 saturated heterocycles. The maximum Gasteiger partial charge on any atom is 0.314 e. The average Bonchev–Trinajstić information content (AvgIpc) is 2.27. The first-order valence-electron chi connectivity index (χ1n) is 4.69. The zero-order valence-corrected chi connectivity index (χ0v) is 8.12. The Bertz CT molecular complexity index is 349. The van der Waals surface area contributed by atoms with E-state index < -0.39 is 0 Å². The van der Waals surface area contributed by atoms with Crippen molar-refractivity contribution in [3.8, 4) is 0 Å². The molecule has 1 aliphatic heterocycles. The van der Waals surface area contributed by atoms with Crippen LogP contribution in [0.25, 0.3) is 0 Å². The number of nitrogens with one attached hydrogen (secondary N) is 1. The Morgan fingerprint density at radius 1 is 1.50 bits per heavy atom. The molecule has 3 nitrogen and oxygen atoms in total. The van der Waals surface area contributed by atoms with Crippen molar-refractivity contribution in [2.24, 2.45) is 0 Å². The van der Waals surface area contributed by atoms with Crippen molar-refractivity contribution >= 4 is 5.97 Å². The zero-order chi connectivity index (χ0) is 9.97. The zero-order valence-electron chi connectivity index (χ0n) is 8.12. The summed E-state index contributed by atoms with van der Waals surface area (Å²) in [4.78, 5) is 11.5. The Morgan fingerprint density at radius 2 is 2.29 bits per heavy atom. The van der Waals surface area contributed by atoms with Crippen LogP contribution >= 0.6 is 0 Å². The lowest BCUT2D eigenvalue weighted by Gasteiger charge is -2.24. The molecule has 1 heterocycles. The molecule has 1 atom stereocenters. The van der Waals surface area contributed by atoms with Gasteiger partial charge in [-0.15, -0.1) is 0 Å². The van der Waals surface area contributed by atoms with E-state index in [0.717, 1.165) is 12.1 Å². The fourth-order valence-corrected chi connectivity index (χ4v) is 1.85. The molecule has 0 aromatic heterocycles. The summed E-state index contributed by atoms with van der Waals surface area (Å²) in [6, 6.07) is 7.98. The molecule has 1 aromatic carbocycles. The standard InChI is InChI=1S/C11H13NO2/c1-14-11(13)10-7-12-6-8-4-2-3-5-9(8)10/h2-5,10,12H,6-7H2,1H3. The van der Waals surface area contributed by atoms with Gasteiger partial charge in [0.2, 0.25) is 0 Å². The van der Waals surface area contributed by atoms with E-state index in [0.29, 0.717) is 6.54 Å². The molecule has 1 unspecified atom stereocenters. The van der Waals surface area contributed by atoms with Gasteiger partial charge in [0.05, 0.1) is 13.0 Å². The Balaban J connectivity index is 2.35. The highest BCUT2D eigenvalue weighted by Gasteiger charge is 2.26. The first-order valence-corrected chi connectivity index (χ1v) is 4.69. The van der Waals surface area contributed by atoms with Crippen LogP contribution in [0.3, 0.4) is 0 Å². The first kappa shape index (κ1) is 9.21. The third-order valence-electron chi connectivity index (χ3n) is 2.58. The molecule has 3 heteroatoms. The molecule has 2 rings (SSSR count). The van der Waals surface area contributed by atoms with Crippen molar-refractivity contribution in [2.75, 3.05) is 13.7 Å². The molecule has 0 aliphatic carbocycles. The topological polar surface area (TPSA) is 38.3 Å². The van der Waals surface area contributed by atoms with Crippen LogP contribution in [0, 0.1) is 0 Å². The summed E-state index contributed by atoms with van der Waals surface area (Å²) >= 11 is 0. The van der Waals surface area contributed by atoms with Crippen molar-refractivity contribution in [3.05, 3.63) is 35.4 Å². The third-order valence-corrected chi connectivity index (χ3v) is 2.58. The van der Waals surface area contributed by atoms with Gasteiger partial charge in [0.25, 0.3) is 0 Å². The Morgan fingerprint density at radius 3 is 3.07 bits per heavy atom. The largest absolute Gasteiger partial charge is 0.469 e. The predicted molar refractivity (Wildman–Crippen MR) is 52.9 cm³/mol. The lowest BCUT2D eigenvalue weighted by atomic mass is 9.91. The predicted octanol–water partition coefficient (Wildman–Crippen LogP) is 1.05. The molecule has 1 aliphatic rings. The van der Waals surface area contributed by atoms with E-state index in [1.54, 1.807) is 0 Å². The lowest BCUT2D eigenvalue weighted by Crippen LogP contribution is -2.33. The van der Waals surface area contributed by atoms with Crippen LogP contribution in [0.15, 0.2) is 24.3 Å². The molecule has 0 saturated carbocycles. The van der Waals surface area contributed by atoms with E-state index in [9.17, 15) is 4.79 Å². The van der Waals surface area contributed by atoms with Gasteiger partial charge in [-0.3, -0.25) is 4.79 Å². The highest BCUT2D eigenvalue weighted by Crippen LogP contribution is 2.24. The van der Waals surface area contributed by atoms with Crippen molar-refractivity contribution in [2.45, 2.75) is 12.5 Å². The second-order valence-electron chi connectivity index (χ2n) is 3.41. The molecule has 1 aromatic rings. The number of rotatable bonds is 1. The minimum absolute atomic E-state index is 0.148. The van der Waals surface area contributed by atoms with E-state index >= 15 is 0 Å². The molecule has 0 amide bonds. The van der Waals surface area contributed by atoms with Gasteiger partial charge in [0.15, 0.2) is 0 Å². The smallest absolute Gasteiger partial charge is 0.314 e. The number of methoxy groups -OCH3 is 1. The summed E-state index contributed by atoms with van der Waals surface area (Å²) in [5, 5.41) is 3.21.